The molecule has 0 spiro atoms. The highest BCUT2D eigenvalue weighted by Gasteiger charge is 2.20. The Morgan fingerprint density at radius 1 is 1.44 bits per heavy atom. The van der Waals surface area contributed by atoms with Gasteiger partial charge in [0, 0.05) is 0 Å². The van der Waals surface area contributed by atoms with Crippen LogP contribution in [0.5, 0.6) is 0 Å². The van der Waals surface area contributed by atoms with E-state index in [1.165, 1.54) is 6.07 Å². The van der Waals surface area contributed by atoms with E-state index in [4.69, 9.17) is 4.74 Å². The fourth-order valence-electron chi connectivity index (χ4n) is 1.34. The molecule has 5 heteroatoms. The summed E-state index contributed by atoms with van der Waals surface area (Å²) in [5, 5.41) is 2.69. The minimum atomic E-state index is -0.984. The third-order valence-corrected chi connectivity index (χ3v) is 2.09. The largest absolute Gasteiger partial charge is 0.465 e. The molecule has 0 saturated carbocycles. The molecule has 0 saturated heterocycles. The number of halogens is 2. The zero-order valence-corrected chi connectivity index (χ0v) is 9.09. The van der Waals surface area contributed by atoms with E-state index >= 15 is 0 Å². The third-order valence-electron chi connectivity index (χ3n) is 2.09. The van der Waals surface area contributed by atoms with Crippen molar-refractivity contribution in [2.45, 2.75) is 13.0 Å². The maximum absolute atomic E-state index is 13.0. The topological polar surface area (TPSA) is 38.3 Å². The number of likely N-dealkylation sites (N-methyl/N-ethyl adjacent to an activating group) is 1. The Balaban J connectivity index is 2.95. The Morgan fingerprint density at radius 2 is 2.12 bits per heavy atom. The monoisotopic (exact) mass is 229 g/mol. The maximum Gasteiger partial charge on any atom is 0.327 e. The van der Waals surface area contributed by atoms with Crippen molar-refractivity contribution in [2.75, 3.05) is 13.7 Å². The molecule has 0 amide bonds. The number of benzene rings is 1. The van der Waals surface area contributed by atoms with Crippen molar-refractivity contribution >= 4 is 5.97 Å². The van der Waals surface area contributed by atoms with Crippen LogP contribution in [-0.4, -0.2) is 19.6 Å². The van der Waals surface area contributed by atoms with Gasteiger partial charge < -0.3 is 10.1 Å². The van der Waals surface area contributed by atoms with Gasteiger partial charge in [-0.15, -0.1) is 0 Å². The van der Waals surface area contributed by atoms with E-state index in [1.54, 1.807) is 14.0 Å². The number of rotatable bonds is 4. The van der Waals surface area contributed by atoms with Crippen LogP contribution in [0, 0.1) is 11.6 Å². The van der Waals surface area contributed by atoms with Crippen molar-refractivity contribution in [1.29, 1.82) is 0 Å². The molecule has 1 rings (SSSR count). The van der Waals surface area contributed by atoms with Gasteiger partial charge in [-0.25, -0.2) is 13.6 Å². The highest BCUT2D eigenvalue weighted by atomic mass is 19.2. The Morgan fingerprint density at radius 3 is 2.62 bits per heavy atom. The number of nitrogens with one attached hydrogen (secondary N) is 1. The van der Waals surface area contributed by atoms with Crippen molar-refractivity contribution in [2.24, 2.45) is 0 Å². The van der Waals surface area contributed by atoms with Crippen LogP contribution >= 0.6 is 0 Å². The number of esters is 1. The average molecular weight is 229 g/mol. The van der Waals surface area contributed by atoms with Crippen LogP contribution < -0.4 is 5.32 Å². The molecular formula is C11H13F2NO2. The van der Waals surface area contributed by atoms with Crippen LogP contribution in [0.2, 0.25) is 0 Å². The van der Waals surface area contributed by atoms with E-state index in [1.807, 2.05) is 0 Å². The molecule has 88 valence electrons. The molecule has 1 atom stereocenters. The molecule has 1 N–H and O–H groups in total. The minimum Gasteiger partial charge on any atom is -0.465 e. The zero-order chi connectivity index (χ0) is 12.1. The molecule has 0 aromatic heterocycles. The normalized spacial score (nSPS) is 12.2. The van der Waals surface area contributed by atoms with Crippen LogP contribution in [-0.2, 0) is 9.53 Å². The molecule has 1 aromatic rings. The third kappa shape index (κ3) is 2.76. The minimum absolute atomic E-state index is 0.237. The molecule has 0 bridgehead atoms. The first-order valence-electron chi connectivity index (χ1n) is 4.89. The van der Waals surface area contributed by atoms with Crippen LogP contribution in [0.15, 0.2) is 18.2 Å². The van der Waals surface area contributed by atoms with Gasteiger partial charge in [-0.3, -0.25) is 0 Å². The quantitative estimate of drug-likeness (QED) is 0.800. The molecule has 0 radical (unpaired) electrons. The summed E-state index contributed by atoms with van der Waals surface area (Å²) < 4.78 is 30.5. The van der Waals surface area contributed by atoms with E-state index in [0.717, 1.165) is 12.1 Å². The summed E-state index contributed by atoms with van der Waals surface area (Å²) in [5.74, 6) is -2.44. The van der Waals surface area contributed by atoms with Gasteiger partial charge in [0.2, 0.25) is 0 Å². The second kappa shape index (κ2) is 5.55. The number of hydrogen-bond acceptors (Lipinski definition) is 3. The van der Waals surface area contributed by atoms with Gasteiger partial charge in [0.15, 0.2) is 11.6 Å². The Kier molecular flexibility index (Phi) is 4.37. The SMILES string of the molecule is CCOC(=O)[C@@H](NC)c1ccc(F)c(F)c1. The second-order valence-corrected chi connectivity index (χ2v) is 3.15. The maximum atomic E-state index is 13.0. The van der Waals surface area contributed by atoms with Crippen molar-refractivity contribution < 1.29 is 18.3 Å². The molecule has 0 unspecified atom stereocenters. The lowest BCUT2D eigenvalue weighted by Crippen LogP contribution is -2.27. The van der Waals surface area contributed by atoms with Crippen LogP contribution in [0.1, 0.15) is 18.5 Å². The molecule has 3 nitrogen and oxygen atoms in total. The lowest BCUT2D eigenvalue weighted by atomic mass is 10.1. The summed E-state index contributed by atoms with van der Waals surface area (Å²) in [6, 6.07) is 2.52. The highest BCUT2D eigenvalue weighted by Crippen LogP contribution is 2.17. The summed E-state index contributed by atoms with van der Waals surface area (Å²) in [5.41, 5.74) is 0.333. The van der Waals surface area contributed by atoms with Crippen LogP contribution in [0.3, 0.4) is 0 Å². The number of ether oxygens (including phenoxy) is 1. The summed E-state index contributed by atoms with van der Waals surface area (Å²) >= 11 is 0. The van der Waals surface area contributed by atoms with E-state index < -0.39 is 23.6 Å². The lowest BCUT2D eigenvalue weighted by Gasteiger charge is -2.14. The number of hydrogen-bond donors (Lipinski definition) is 1. The first kappa shape index (κ1) is 12.6. The predicted molar refractivity (Wildman–Crippen MR) is 54.8 cm³/mol. The number of carbonyl (C=O) groups is 1. The molecular weight excluding hydrogens is 216 g/mol. The van der Waals surface area contributed by atoms with Gasteiger partial charge in [-0.1, -0.05) is 6.07 Å². The van der Waals surface area contributed by atoms with Gasteiger partial charge in [-0.05, 0) is 31.7 Å². The van der Waals surface area contributed by atoms with Crippen molar-refractivity contribution in [1.82, 2.24) is 5.32 Å². The lowest BCUT2D eigenvalue weighted by molar-refractivity contribution is -0.145. The van der Waals surface area contributed by atoms with Crippen molar-refractivity contribution in [3.05, 3.63) is 35.4 Å². The molecule has 0 heterocycles. The van der Waals surface area contributed by atoms with Crippen molar-refractivity contribution in [3.8, 4) is 0 Å². The predicted octanol–water partition coefficient (Wildman–Crippen LogP) is 1.79. The van der Waals surface area contributed by atoms with Gasteiger partial charge in [0.1, 0.15) is 6.04 Å². The molecule has 0 aliphatic heterocycles. The van der Waals surface area contributed by atoms with Crippen LogP contribution in [0.4, 0.5) is 8.78 Å². The summed E-state index contributed by atoms with van der Waals surface area (Å²) in [4.78, 5) is 11.5. The zero-order valence-electron chi connectivity index (χ0n) is 9.09. The molecule has 0 aliphatic carbocycles. The Bertz CT molecular complexity index is 382. The van der Waals surface area contributed by atoms with Gasteiger partial charge in [-0.2, -0.15) is 0 Å². The Hall–Kier alpha value is -1.49. The van der Waals surface area contributed by atoms with Crippen molar-refractivity contribution in [3.63, 3.8) is 0 Å². The first-order chi connectivity index (χ1) is 7.60. The van der Waals surface area contributed by atoms with Gasteiger partial charge >= 0.3 is 5.97 Å². The van der Waals surface area contributed by atoms with E-state index in [-0.39, 0.29) is 6.61 Å². The summed E-state index contributed by atoms with van der Waals surface area (Å²) in [6.07, 6.45) is 0. The highest BCUT2D eigenvalue weighted by molar-refractivity contribution is 5.77. The van der Waals surface area contributed by atoms with Gasteiger partial charge in [0.05, 0.1) is 6.61 Å². The fraction of sp³-hybridized carbons (Fsp3) is 0.364. The van der Waals surface area contributed by atoms with E-state index in [9.17, 15) is 13.6 Å². The summed E-state index contributed by atoms with van der Waals surface area (Å²) in [7, 11) is 1.54. The standard InChI is InChI=1S/C11H13F2NO2/c1-3-16-11(15)10(14-2)7-4-5-8(12)9(13)6-7/h4-6,10,14H,3H2,1-2H3/t10-/m0/s1. The van der Waals surface area contributed by atoms with E-state index in [2.05, 4.69) is 5.32 Å². The Labute approximate surface area is 92.4 Å². The number of carbonyl (C=O) groups excluding carboxylic acids is 1. The van der Waals surface area contributed by atoms with Gasteiger partial charge in [0.25, 0.3) is 0 Å². The molecule has 0 aliphatic rings. The molecule has 16 heavy (non-hydrogen) atoms. The smallest absolute Gasteiger partial charge is 0.327 e. The van der Waals surface area contributed by atoms with E-state index in [0.29, 0.717) is 5.56 Å². The molecule has 0 fully saturated rings. The summed E-state index contributed by atoms with van der Waals surface area (Å²) in [6.45, 7) is 1.91. The average Bonchev–Trinajstić information content (AvgIpc) is 2.25. The second-order valence-electron chi connectivity index (χ2n) is 3.15. The fourth-order valence-corrected chi connectivity index (χ4v) is 1.34. The van der Waals surface area contributed by atoms with Crippen LogP contribution in [0.25, 0.3) is 0 Å². The first-order valence-corrected chi connectivity index (χ1v) is 4.89. The molecule has 1 aromatic carbocycles.